The van der Waals surface area contributed by atoms with Crippen molar-refractivity contribution in [3.05, 3.63) is 259 Å². The molecule has 63 heavy (non-hydrogen) atoms. The van der Waals surface area contributed by atoms with Crippen LogP contribution in [0.25, 0.3) is 83.1 Å². The van der Waals surface area contributed by atoms with Gasteiger partial charge in [0.25, 0.3) is 0 Å². The van der Waals surface area contributed by atoms with E-state index in [2.05, 4.69) is 241 Å². The highest BCUT2D eigenvalue weighted by molar-refractivity contribution is 6.09. The van der Waals surface area contributed by atoms with Gasteiger partial charge in [-0.1, -0.05) is 176 Å². The van der Waals surface area contributed by atoms with Crippen molar-refractivity contribution in [2.75, 3.05) is 0 Å². The van der Waals surface area contributed by atoms with E-state index >= 15 is 0 Å². The van der Waals surface area contributed by atoms with E-state index in [1.165, 1.54) is 88.6 Å². The van der Waals surface area contributed by atoms with Gasteiger partial charge in [0.2, 0.25) is 0 Å². The SMILES string of the molecule is c1ccc(-c2cc(-c3ccccc3)cc(-c3cccc4c3-c3cc(-c5ccc(-n6c7ccccc7c7ccccc76)cc5)ccc3C43c4ccccc4Oc4ccccc43)c2)cc1. The Morgan fingerprint density at radius 2 is 0.794 bits per heavy atom. The average molecular weight is 802 g/mol. The van der Waals surface area contributed by atoms with Crippen LogP contribution in [0, 0.1) is 0 Å². The van der Waals surface area contributed by atoms with E-state index in [9.17, 15) is 0 Å². The summed E-state index contributed by atoms with van der Waals surface area (Å²) in [6.45, 7) is 0. The summed E-state index contributed by atoms with van der Waals surface area (Å²) >= 11 is 0. The van der Waals surface area contributed by atoms with Crippen LogP contribution < -0.4 is 4.74 Å². The molecule has 1 aliphatic carbocycles. The van der Waals surface area contributed by atoms with Crippen molar-refractivity contribution in [1.82, 2.24) is 4.57 Å². The van der Waals surface area contributed by atoms with E-state index in [1.54, 1.807) is 0 Å². The number of benzene rings is 10. The van der Waals surface area contributed by atoms with Crippen molar-refractivity contribution >= 4 is 21.8 Å². The second-order valence-corrected chi connectivity index (χ2v) is 16.8. The van der Waals surface area contributed by atoms with Gasteiger partial charge in [0.1, 0.15) is 11.5 Å². The molecule has 294 valence electrons. The standard InChI is InChI=1S/C61H39NO/c1-3-16-40(17-4-1)44-36-45(41-18-5-2-6-19-41)38-46(37-44)48-22-15-25-55-60(48)51-39-43(32-35-52(51)61(55)53-23-9-13-28-58(53)63-59-29-14-10-24-54(59)61)42-30-33-47(34-31-42)62-56-26-11-7-20-49(56)50-21-8-12-27-57(50)62/h1-39H. The molecule has 1 aromatic heterocycles. The van der Waals surface area contributed by atoms with Gasteiger partial charge in [0.05, 0.1) is 16.4 Å². The maximum absolute atomic E-state index is 6.72. The molecule has 13 rings (SSSR count). The molecule has 0 bridgehead atoms. The Hall–Kier alpha value is -8.20. The second-order valence-electron chi connectivity index (χ2n) is 16.8. The van der Waals surface area contributed by atoms with Crippen LogP contribution in [-0.4, -0.2) is 4.57 Å². The summed E-state index contributed by atoms with van der Waals surface area (Å²) < 4.78 is 9.11. The lowest BCUT2D eigenvalue weighted by molar-refractivity contribution is 0.436. The predicted molar refractivity (Wildman–Crippen MR) is 260 cm³/mol. The molecule has 0 N–H and O–H groups in total. The van der Waals surface area contributed by atoms with Gasteiger partial charge in [0.15, 0.2) is 0 Å². The molecule has 2 aliphatic rings. The van der Waals surface area contributed by atoms with Gasteiger partial charge in [-0.25, -0.2) is 0 Å². The fourth-order valence-corrected chi connectivity index (χ4v) is 10.8. The molecule has 1 aliphatic heterocycles. The van der Waals surface area contributed by atoms with E-state index < -0.39 is 5.41 Å². The van der Waals surface area contributed by atoms with Crippen molar-refractivity contribution in [2.45, 2.75) is 5.41 Å². The molecule has 10 aromatic carbocycles. The highest BCUT2D eigenvalue weighted by atomic mass is 16.5. The molecule has 0 atom stereocenters. The van der Waals surface area contributed by atoms with E-state index in [0.717, 1.165) is 28.3 Å². The lowest BCUT2D eigenvalue weighted by Crippen LogP contribution is -2.32. The molecule has 0 unspecified atom stereocenters. The fraction of sp³-hybridized carbons (Fsp3) is 0.0164. The summed E-state index contributed by atoms with van der Waals surface area (Å²) in [5.74, 6) is 1.78. The molecule has 0 saturated heterocycles. The Labute approximate surface area is 366 Å². The normalized spacial score (nSPS) is 13.0. The van der Waals surface area contributed by atoms with Gasteiger partial charge in [-0.15, -0.1) is 0 Å². The van der Waals surface area contributed by atoms with E-state index in [4.69, 9.17) is 4.74 Å². The third-order valence-corrected chi connectivity index (χ3v) is 13.5. The monoisotopic (exact) mass is 801 g/mol. The molecule has 0 fully saturated rings. The third kappa shape index (κ3) is 5.32. The predicted octanol–water partition coefficient (Wildman–Crippen LogP) is 15.9. The summed E-state index contributed by atoms with van der Waals surface area (Å²) in [4.78, 5) is 0. The fourth-order valence-electron chi connectivity index (χ4n) is 10.8. The first kappa shape index (κ1) is 35.5. The Morgan fingerprint density at radius 3 is 1.41 bits per heavy atom. The summed E-state index contributed by atoms with van der Waals surface area (Å²) in [7, 11) is 0. The number of para-hydroxylation sites is 4. The Morgan fingerprint density at radius 1 is 0.302 bits per heavy atom. The van der Waals surface area contributed by atoms with E-state index in [0.29, 0.717) is 0 Å². The molecular formula is C61H39NO. The molecule has 2 heteroatoms. The molecule has 0 saturated carbocycles. The molecular weight excluding hydrogens is 763 g/mol. The van der Waals surface area contributed by atoms with Crippen LogP contribution in [0.5, 0.6) is 11.5 Å². The number of hydrogen-bond donors (Lipinski definition) is 0. The first-order chi connectivity index (χ1) is 31.2. The molecule has 0 amide bonds. The Kier molecular flexibility index (Phi) is 7.85. The van der Waals surface area contributed by atoms with Crippen LogP contribution in [0.1, 0.15) is 22.3 Å². The van der Waals surface area contributed by atoms with Crippen molar-refractivity contribution in [2.24, 2.45) is 0 Å². The smallest absolute Gasteiger partial charge is 0.132 e. The van der Waals surface area contributed by atoms with Crippen molar-refractivity contribution in [3.63, 3.8) is 0 Å². The molecule has 0 radical (unpaired) electrons. The number of rotatable bonds is 5. The van der Waals surface area contributed by atoms with Gasteiger partial charge in [-0.05, 0) is 127 Å². The van der Waals surface area contributed by atoms with Crippen LogP contribution in [-0.2, 0) is 5.41 Å². The van der Waals surface area contributed by atoms with Crippen molar-refractivity contribution in [3.8, 4) is 72.8 Å². The maximum atomic E-state index is 6.72. The first-order valence-corrected chi connectivity index (χ1v) is 21.7. The topological polar surface area (TPSA) is 14.2 Å². The summed E-state index contributed by atoms with van der Waals surface area (Å²) in [6, 6.07) is 86.5. The molecule has 2 heterocycles. The van der Waals surface area contributed by atoms with Gasteiger partial charge >= 0.3 is 0 Å². The lowest BCUT2D eigenvalue weighted by Gasteiger charge is -2.39. The minimum absolute atomic E-state index is 0.593. The number of hydrogen-bond acceptors (Lipinski definition) is 1. The first-order valence-electron chi connectivity index (χ1n) is 21.7. The summed E-state index contributed by atoms with van der Waals surface area (Å²) in [5, 5.41) is 2.53. The zero-order chi connectivity index (χ0) is 41.5. The second kappa shape index (κ2) is 13.9. The highest BCUT2D eigenvalue weighted by Crippen LogP contribution is 2.63. The maximum Gasteiger partial charge on any atom is 0.132 e. The highest BCUT2D eigenvalue weighted by Gasteiger charge is 2.51. The summed E-state index contributed by atoms with van der Waals surface area (Å²) in [6.07, 6.45) is 0. The quantitative estimate of drug-likeness (QED) is 0.169. The Balaban J connectivity index is 1.05. The van der Waals surface area contributed by atoms with Crippen molar-refractivity contribution in [1.29, 1.82) is 0 Å². The number of aromatic nitrogens is 1. The summed E-state index contributed by atoms with van der Waals surface area (Å²) in [5.41, 5.74) is 19.8. The van der Waals surface area contributed by atoms with Crippen LogP contribution in [0.4, 0.5) is 0 Å². The minimum atomic E-state index is -0.593. The number of nitrogens with zero attached hydrogens (tertiary/aromatic N) is 1. The van der Waals surface area contributed by atoms with Crippen molar-refractivity contribution < 1.29 is 4.74 Å². The van der Waals surface area contributed by atoms with Gasteiger partial charge in [0, 0.05) is 27.6 Å². The van der Waals surface area contributed by atoms with Crippen LogP contribution in [0.3, 0.4) is 0 Å². The van der Waals surface area contributed by atoms with Gasteiger partial charge in [-0.3, -0.25) is 0 Å². The average Bonchev–Trinajstić information content (AvgIpc) is 3.85. The lowest BCUT2D eigenvalue weighted by atomic mass is 9.66. The van der Waals surface area contributed by atoms with Crippen LogP contribution in [0.15, 0.2) is 237 Å². The Bertz CT molecular complexity index is 3420. The zero-order valence-corrected chi connectivity index (χ0v) is 34.4. The van der Waals surface area contributed by atoms with Crippen LogP contribution in [0.2, 0.25) is 0 Å². The van der Waals surface area contributed by atoms with Gasteiger partial charge in [-0.2, -0.15) is 0 Å². The van der Waals surface area contributed by atoms with Crippen LogP contribution >= 0.6 is 0 Å². The third-order valence-electron chi connectivity index (χ3n) is 13.5. The minimum Gasteiger partial charge on any atom is -0.457 e. The number of ether oxygens (including phenoxy) is 1. The van der Waals surface area contributed by atoms with Gasteiger partial charge < -0.3 is 9.30 Å². The zero-order valence-electron chi connectivity index (χ0n) is 34.4. The molecule has 11 aromatic rings. The molecule has 1 spiro atoms. The molecule has 2 nitrogen and oxygen atoms in total. The van der Waals surface area contributed by atoms with E-state index in [-0.39, 0.29) is 0 Å². The van der Waals surface area contributed by atoms with E-state index in [1.807, 2.05) is 0 Å². The largest absolute Gasteiger partial charge is 0.457 e. The number of fused-ring (bicyclic) bond motifs is 12.